The van der Waals surface area contributed by atoms with E-state index in [9.17, 15) is 4.79 Å². The fourth-order valence-electron chi connectivity index (χ4n) is 1.98. The Balaban J connectivity index is 2.32. The van der Waals surface area contributed by atoms with Gasteiger partial charge in [0.25, 0.3) is 5.91 Å². The van der Waals surface area contributed by atoms with Crippen molar-refractivity contribution in [3.8, 4) is 0 Å². The first kappa shape index (κ1) is 14.6. The molecule has 2 aromatic rings. The molecule has 0 unspecified atom stereocenters. The van der Waals surface area contributed by atoms with Gasteiger partial charge in [0, 0.05) is 10.0 Å². The zero-order chi connectivity index (χ0) is 14.9. The molecule has 2 aromatic carbocycles. The highest BCUT2D eigenvalue weighted by atomic mass is 79.9. The van der Waals surface area contributed by atoms with Crippen LogP contribution in [0.4, 0.5) is 11.4 Å². The lowest BCUT2D eigenvalue weighted by Crippen LogP contribution is -2.15. The SMILES string of the molecule is Cc1cc(N)c(NC(=O)c2cc(Br)ccc2C)cc1C. The molecule has 104 valence electrons. The Kier molecular flexibility index (Phi) is 4.14. The van der Waals surface area contributed by atoms with Crippen LogP contribution in [0.25, 0.3) is 0 Å². The van der Waals surface area contributed by atoms with Crippen LogP contribution < -0.4 is 11.1 Å². The van der Waals surface area contributed by atoms with Crippen molar-refractivity contribution in [2.75, 3.05) is 11.1 Å². The second kappa shape index (κ2) is 5.67. The average molecular weight is 333 g/mol. The molecule has 20 heavy (non-hydrogen) atoms. The van der Waals surface area contributed by atoms with Crippen LogP contribution >= 0.6 is 15.9 Å². The van der Waals surface area contributed by atoms with Gasteiger partial charge >= 0.3 is 0 Å². The van der Waals surface area contributed by atoms with Crippen LogP contribution in [0.15, 0.2) is 34.8 Å². The second-order valence-electron chi connectivity index (χ2n) is 4.94. The van der Waals surface area contributed by atoms with Gasteiger partial charge < -0.3 is 11.1 Å². The van der Waals surface area contributed by atoms with Gasteiger partial charge in [0.05, 0.1) is 11.4 Å². The van der Waals surface area contributed by atoms with Gasteiger partial charge in [0.15, 0.2) is 0 Å². The monoisotopic (exact) mass is 332 g/mol. The van der Waals surface area contributed by atoms with E-state index in [2.05, 4.69) is 21.2 Å². The number of benzene rings is 2. The zero-order valence-corrected chi connectivity index (χ0v) is 13.3. The Morgan fingerprint density at radius 1 is 1.05 bits per heavy atom. The molecule has 0 spiro atoms. The van der Waals surface area contributed by atoms with E-state index in [1.807, 2.05) is 51.1 Å². The van der Waals surface area contributed by atoms with Gasteiger partial charge in [-0.25, -0.2) is 0 Å². The molecule has 0 atom stereocenters. The van der Waals surface area contributed by atoms with E-state index in [0.29, 0.717) is 16.9 Å². The van der Waals surface area contributed by atoms with Crippen molar-refractivity contribution in [3.63, 3.8) is 0 Å². The van der Waals surface area contributed by atoms with Gasteiger partial charge in [-0.05, 0) is 61.7 Å². The van der Waals surface area contributed by atoms with Gasteiger partial charge in [-0.15, -0.1) is 0 Å². The van der Waals surface area contributed by atoms with Crippen molar-refractivity contribution in [3.05, 3.63) is 57.1 Å². The third-order valence-electron chi connectivity index (χ3n) is 3.36. The number of carbonyl (C=O) groups excluding carboxylic acids is 1. The summed E-state index contributed by atoms with van der Waals surface area (Å²) in [5.41, 5.74) is 11.0. The molecule has 0 radical (unpaired) electrons. The van der Waals surface area contributed by atoms with E-state index in [1.54, 1.807) is 0 Å². The van der Waals surface area contributed by atoms with Crippen LogP contribution in [0.5, 0.6) is 0 Å². The number of nitrogens with one attached hydrogen (secondary N) is 1. The van der Waals surface area contributed by atoms with Crippen LogP contribution in [-0.4, -0.2) is 5.91 Å². The number of nitrogens with two attached hydrogens (primary N) is 1. The van der Waals surface area contributed by atoms with E-state index in [0.717, 1.165) is 21.2 Å². The van der Waals surface area contributed by atoms with Crippen molar-refractivity contribution in [1.29, 1.82) is 0 Å². The minimum absolute atomic E-state index is 0.154. The normalized spacial score (nSPS) is 10.4. The Labute approximate surface area is 127 Å². The quantitative estimate of drug-likeness (QED) is 0.809. The molecule has 4 heteroatoms. The van der Waals surface area contributed by atoms with Crippen molar-refractivity contribution in [1.82, 2.24) is 0 Å². The highest BCUT2D eigenvalue weighted by molar-refractivity contribution is 9.10. The minimum atomic E-state index is -0.154. The Bertz CT molecular complexity index is 680. The molecule has 0 aliphatic rings. The summed E-state index contributed by atoms with van der Waals surface area (Å²) in [6.07, 6.45) is 0. The first-order valence-corrected chi connectivity index (χ1v) is 7.12. The topological polar surface area (TPSA) is 55.1 Å². The van der Waals surface area contributed by atoms with Crippen LogP contribution in [0.1, 0.15) is 27.0 Å². The molecule has 1 amide bonds. The number of aryl methyl sites for hydroxylation is 3. The van der Waals surface area contributed by atoms with Crippen LogP contribution in [0.3, 0.4) is 0 Å². The van der Waals surface area contributed by atoms with Gasteiger partial charge in [0.2, 0.25) is 0 Å². The molecular formula is C16H17BrN2O. The summed E-state index contributed by atoms with van der Waals surface area (Å²) < 4.78 is 0.876. The number of hydrogen-bond acceptors (Lipinski definition) is 2. The number of carbonyl (C=O) groups is 1. The molecular weight excluding hydrogens is 316 g/mol. The number of halogens is 1. The molecule has 2 rings (SSSR count). The van der Waals surface area contributed by atoms with Crippen molar-refractivity contribution < 1.29 is 4.79 Å². The molecule has 0 bridgehead atoms. The lowest BCUT2D eigenvalue weighted by Gasteiger charge is -2.12. The lowest BCUT2D eigenvalue weighted by atomic mass is 10.1. The van der Waals surface area contributed by atoms with Crippen LogP contribution in [-0.2, 0) is 0 Å². The van der Waals surface area contributed by atoms with Crippen molar-refractivity contribution >= 4 is 33.2 Å². The van der Waals surface area contributed by atoms with E-state index >= 15 is 0 Å². The molecule has 3 nitrogen and oxygen atoms in total. The van der Waals surface area contributed by atoms with Crippen LogP contribution in [0, 0.1) is 20.8 Å². The summed E-state index contributed by atoms with van der Waals surface area (Å²) in [6, 6.07) is 9.40. The summed E-state index contributed by atoms with van der Waals surface area (Å²) in [4.78, 5) is 12.3. The Morgan fingerprint density at radius 2 is 1.70 bits per heavy atom. The Morgan fingerprint density at radius 3 is 2.40 bits per heavy atom. The predicted octanol–water partition coefficient (Wildman–Crippen LogP) is 4.21. The van der Waals surface area contributed by atoms with Gasteiger partial charge in [-0.2, -0.15) is 0 Å². The molecule has 3 N–H and O–H groups in total. The fourth-order valence-corrected chi connectivity index (χ4v) is 2.34. The van der Waals surface area contributed by atoms with E-state index in [4.69, 9.17) is 5.73 Å². The van der Waals surface area contributed by atoms with Gasteiger partial charge in [-0.1, -0.05) is 22.0 Å². The molecule has 0 saturated heterocycles. The number of anilines is 2. The largest absolute Gasteiger partial charge is 0.397 e. The van der Waals surface area contributed by atoms with Gasteiger partial charge in [-0.3, -0.25) is 4.79 Å². The molecule has 0 aliphatic heterocycles. The average Bonchev–Trinajstić information content (AvgIpc) is 2.38. The standard InChI is InChI=1S/C16H17BrN2O/c1-9-4-5-12(17)8-13(9)16(20)19-15-7-11(3)10(2)6-14(15)18/h4-8H,18H2,1-3H3,(H,19,20). The van der Waals surface area contributed by atoms with E-state index in [-0.39, 0.29) is 5.91 Å². The molecule has 0 aliphatic carbocycles. The number of nitrogen functional groups attached to an aromatic ring is 1. The smallest absolute Gasteiger partial charge is 0.256 e. The van der Waals surface area contributed by atoms with Crippen molar-refractivity contribution in [2.24, 2.45) is 0 Å². The maximum absolute atomic E-state index is 12.3. The summed E-state index contributed by atoms with van der Waals surface area (Å²) >= 11 is 3.38. The van der Waals surface area contributed by atoms with Gasteiger partial charge in [0.1, 0.15) is 0 Å². The number of rotatable bonds is 2. The second-order valence-corrected chi connectivity index (χ2v) is 5.85. The number of hydrogen-bond donors (Lipinski definition) is 2. The number of amides is 1. The summed E-state index contributed by atoms with van der Waals surface area (Å²) in [5.74, 6) is -0.154. The first-order valence-electron chi connectivity index (χ1n) is 6.32. The predicted molar refractivity (Wildman–Crippen MR) is 87.2 cm³/mol. The lowest BCUT2D eigenvalue weighted by molar-refractivity contribution is 0.102. The molecule has 0 fully saturated rings. The highest BCUT2D eigenvalue weighted by Crippen LogP contribution is 2.24. The summed E-state index contributed by atoms with van der Waals surface area (Å²) in [5, 5.41) is 2.88. The highest BCUT2D eigenvalue weighted by Gasteiger charge is 2.12. The zero-order valence-electron chi connectivity index (χ0n) is 11.8. The molecule has 0 saturated carbocycles. The fraction of sp³-hybridized carbons (Fsp3) is 0.188. The third-order valence-corrected chi connectivity index (χ3v) is 3.85. The molecule has 0 aromatic heterocycles. The summed E-state index contributed by atoms with van der Waals surface area (Å²) in [7, 11) is 0. The third kappa shape index (κ3) is 3.02. The first-order chi connectivity index (χ1) is 9.38. The summed E-state index contributed by atoms with van der Waals surface area (Å²) in [6.45, 7) is 5.90. The van der Waals surface area contributed by atoms with E-state index in [1.165, 1.54) is 0 Å². The van der Waals surface area contributed by atoms with Crippen molar-refractivity contribution in [2.45, 2.75) is 20.8 Å². The minimum Gasteiger partial charge on any atom is -0.397 e. The Hall–Kier alpha value is -1.81. The maximum atomic E-state index is 12.3. The van der Waals surface area contributed by atoms with Crippen LogP contribution in [0.2, 0.25) is 0 Å². The maximum Gasteiger partial charge on any atom is 0.256 e. The van der Waals surface area contributed by atoms with E-state index < -0.39 is 0 Å². The molecule has 0 heterocycles.